The van der Waals surface area contributed by atoms with Crippen molar-refractivity contribution in [2.45, 2.75) is 0 Å². The normalized spacial score (nSPS) is 10.4. The highest BCUT2D eigenvalue weighted by Crippen LogP contribution is 2.23. The summed E-state index contributed by atoms with van der Waals surface area (Å²) >= 11 is 2.26. The Morgan fingerprint density at radius 2 is 2.08 bits per heavy atom. The minimum absolute atomic E-state index is 0.790. The molecule has 0 radical (unpaired) electrons. The van der Waals surface area contributed by atoms with E-state index in [1.165, 1.54) is 0 Å². The molecule has 0 saturated heterocycles. The van der Waals surface area contributed by atoms with Crippen molar-refractivity contribution in [3.8, 4) is 0 Å². The van der Waals surface area contributed by atoms with Crippen LogP contribution in [0, 0.1) is 3.57 Å². The van der Waals surface area contributed by atoms with Gasteiger partial charge >= 0.3 is 0 Å². The van der Waals surface area contributed by atoms with Gasteiger partial charge in [0.25, 0.3) is 0 Å². The Morgan fingerprint density at radius 3 is 2.83 bits per heavy atom. The van der Waals surface area contributed by atoms with Gasteiger partial charge in [-0.1, -0.05) is 0 Å². The lowest BCUT2D eigenvalue weighted by atomic mass is 10.2. The molecule has 60 valence electrons. The molecular formula is C9H7IN2. The second kappa shape index (κ2) is 2.90. The minimum Gasteiger partial charge on any atom is -0.398 e. The van der Waals surface area contributed by atoms with E-state index in [0.29, 0.717) is 0 Å². The van der Waals surface area contributed by atoms with Crippen molar-refractivity contribution in [2.75, 3.05) is 5.73 Å². The summed E-state index contributed by atoms with van der Waals surface area (Å²) in [6.07, 6.45) is 1.78. The van der Waals surface area contributed by atoms with Crippen LogP contribution in [0.1, 0.15) is 0 Å². The van der Waals surface area contributed by atoms with E-state index in [1.54, 1.807) is 6.20 Å². The summed E-state index contributed by atoms with van der Waals surface area (Å²) in [5, 5.41) is 1.03. The minimum atomic E-state index is 0.790. The van der Waals surface area contributed by atoms with Gasteiger partial charge in [-0.3, -0.25) is 4.98 Å². The third kappa shape index (κ3) is 1.14. The van der Waals surface area contributed by atoms with E-state index in [1.807, 2.05) is 24.3 Å². The Labute approximate surface area is 83.9 Å². The number of hydrogen-bond donors (Lipinski definition) is 1. The molecule has 2 aromatic rings. The second-order valence-corrected chi connectivity index (χ2v) is 3.70. The average Bonchev–Trinajstić information content (AvgIpc) is 2.12. The monoisotopic (exact) mass is 270 g/mol. The summed E-state index contributed by atoms with van der Waals surface area (Å²) in [6.45, 7) is 0. The zero-order valence-corrected chi connectivity index (χ0v) is 8.45. The summed E-state index contributed by atoms with van der Waals surface area (Å²) in [5.41, 5.74) is 7.56. The van der Waals surface area contributed by atoms with Crippen molar-refractivity contribution >= 4 is 39.2 Å². The first-order chi connectivity index (χ1) is 5.79. The van der Waals surface area contributed by atoms with E-state index in [9.17, 15) is 0 Å². The molecule has 1 aromatic carbocycles. The predicted molar refractivity (Wildman–Crippen MR) is 58.9 cm³/mol. The maximum atomic E-state index is 5.78. The number of aromatic nitrogens is 1. The fourth-order valence-corrected chi connectivity index (χ4v) is 1.77. The summed E-state index contributed by atoms with van der Waals surface area (Å²) in [5.74, 6) is 0. The van der Waals surface area contributed by atoms with E-state index in [4.69, 9.17) is 5.73 Å². The Kier molecular flexibility index (Phi) is 1.88. The van der Waals surface area contributed by atoms with Crippen LogP contribution in [0.25, 0.3) is 10.9 Å². The van der Waals surface area contributed by atoms with Gasteiger partial charge in [0.1, 0.15) is 0 Å². The molecule has 1 aromatic heterocycles. The number of halogens is 1. The molecule has 3 heteroatoms. The van der Waals surface area contributed by atoms with Crippen LogP contribution in [0.4, 0.5) is 5.69 Å². The van der Waals surface area contributed by atoms with Crippen LogP contribution < -0.4 is 5.73 Å². The average molecular weight is 270 g/mol. The summed E-state index contributed by atoms with van der Waals surface area (Å²) < 4.78 is 1.14. The van der Waals surface area contributed by atoms with Gasteiger partial charge in [0.2, 0.25) is 0 Å². The first-order valence-electron chi connectivity index (χ1n) is 3.58. The first kappa shape index (κ1) is 7.79. The molecule has 12 heavy (non-hydrogen) atoms. The Hall–Kier alpha value is -0.840. The topological polar surface area (TPSA) is 38.9 Å². The zero-order chi connectivity index (χ0) is 8.55. The SMILES string of the molecule is Nc1ccc(I)c2ncccc12. The van der Waals surface area contributed by atoms with Gasteiger partial charge in [0.05, 0.1) is 5.52 Å². The van der Waals surface area contributed by atoms with Crippen molar-refractivity contribution in [1.82, 2.24) is 4.98 Å². The van der Waals surface area contributed by atoms with Crippen LogP contribution in [0.5, 0.6) is 0 Å². The number of anilines is 1. The summed E-state index contributed by atoms with van der Waals surface area (Å²) in [4.78, 5) is 4.25. The van der Waals surface area contributed by atoms with Crippen molar-refractivity contribution in [3.63, 3.8) is 0 Å². The van der Waals surface area contributed by atoms with E-state index >= 15 is 0 Å². The van der Waals surface area contributed by atoms with Crippen LogP contribution in [0.15, 0.2) is 30.5 Å². The standard InChI is InChI=1S/C9H7IN2/c10-7-3-4-8(11)6-2-1-5-12-9(6)7/h1-5H,11H2. The quantitative estimate of drug-likeness (QED) is 0.589. The van der Waals surface area contributed by atoms with Crippen LogP contribution >= 0.6 is 22.6 Å². The third-order valence-electron chi connectivity index (χ3n) is 1.75. The fourth-order valence-electron chi connectivity index (χ4n) is 1.16. The van der Waals surface area contributed by atoms with Crippen molar-refractivity contribution in [1.29, 1.82) is 0 Å². The molecule has 1 heterocycles. The molecule has 0 aliphatic rings. The van der Waals surface area contributed by atoms with Gasteiger partial charge in [-0.2, -0.15) is 0 Å². The van der Waals surface area contributed by atoms with E-state index < -0.39 is 0 Å². The fraction of sp³-hybridized carbons (Fsp3) is 0. The molecule has 2 N–H and O–H groups in total. The molecule has 0 bridgehead atoms. The maximum Gasteiger partial charge on any atom is 0.0855 e. The van der Waals surface area contributed by atoms with Gasteiger partial charge in [-0.05, 0) is 46.9 Å². The zero-order valence-electron chi connectivity index (χ0n) is 6.29. The van der Waals surface area contributed by atoms with Gasteiger partial charge < -0.3 is 5.73 Å². The highest BCUT2D eigenvalue weighted by Gasteiger charge is 2.00. The Morgan fingerprint density at radius 1 is 1.25 bits per heavy atom. The molecular weight excluding hydrogens is 263 g/mol. The number of nitrogen functional groups attached to an aromatic ring is 1. The second-order valence-electron chi connectivity index (χ2n) is 2.54. The van der Waals surface area contributed by atoms with Crippen molar-refractivity contribution < 1.29 is 0 Å². The molecule has 0 fully saturated rings. The van der Waals surface area contributed by atoms with Crippen LogP contribution in [0.2, 0.25) is 0 Å². The van der Waals surface area contributed by atoms with Gasteiger partial charge in [0.15, 0.2) is 0 Å². The largest absolute Gasteiger partial charge is 0.398 e. The molecule has 0 saturated carbocycles. The number of nitrogens with zero attached hydrogens (tertiary/aromatic N) is 1. The summed E-state index contributed by atoms with van der Waals surface area (Å²) in [6, 6.07) is 7.77. The number of benzene rings is 1. The molecule has 2 rings (SSSR count). The van der Waals surface area contributed by atoms with Gasteiger partial charge in [-0.15, -0.1) is 0 Å². The number of rotatable bonds is 0. The molecule has 0 aliphatic carbocycles. The lowest BCUT2D eigenvalue weighted by molar-refractivity contribution is 1.40. The maximum absolute atomic E-state index is 5.78. The Bertz CT molecular complexity index is 385. The molecule has 0 spiro atoms. The van der Waals surface area contributed by atoms with Crippen LogP contribution in [-0.4, -0.2) is 4.98 Å². The molecule has 0 amide bonds. The number of hydrogen-bond acceptors (Lipinski definition) is 2. The van der Waals surface area contributed by atoms with E-state index in [-0.39, 0.29) is 0 Å². The van der Waals surface area contributed by atoms with Crippen LogP contribution in [-0.2, 0) is 0 Å². The summed E-state index contributed by atoms with van der Waals surface area (Å²) in [7, 11) is 0. The van der Waals surface area contributed by atoms with Gasteiger partial charge in [0, 0.05) is 20.8 Å². The van der Waals surface area contributed by atoms with Crippen molar-refractivity contribution in [3.05, 3.63) is 34.0 Å². The Balaban J connectivity index is 2.95. The number of fused-ring (bicyclic) bond motifs is 1. The molecule has 0 aliphatic heterocycles. The third-order valence-corrected chi connectivity index (χ3v) is 2.62. The van der Waals surface area contributed by atoms with Gasteiger partial charge in [-0.25, -0.2) is 0 Å². The molecule has 0 atom stereocenters. The van der Waals surface area contributed by atoms with E-state index in [2.05, 4.69) is 27.6 Å². The first-order valence-corrected chi connectivity index (χ1v) is 4.65. The lowest BCUT2D eigenvalue weighted by Gasteiger charge is -2.01. The van der Waals surface area contributed by atoms with Crippen molar-refractivity contribution in [2.24, 2.45) is 0 Å². The van der Waals surface area contributed by atoms with Crippen LogP contribution in [0.3, 0.4) is 0 Å². The lowest BCUT2D eigenvalue weighted by Crippen LogP contribution is -1.89. The highest BCUT2D eigenvalue weighted by molar-refractivity contribution is 14.1. The smallest absolute Gasteiger partial charge is 0.0855 e. The molecule has 2 nitrogen and oxygen atoms in total. The predicted octanol–water partition coefficient (Wildman–Crippen LogP) is 2.42. The molecule has 0 unspecified atom stereocenters. The number of nitrogens with two attached hydrogens (primary N) is 1. The highest BCUT2D eigenvalue weighted by atomic mass is 127. The number of pyridine rings is 1. The van der Waals surface area contributed by atoms with E-state index in [0.717, 1.165) is 20.2 Å².